The minimum absolute atomic E-state index is 0.142. The lowest BCUT2D eigenvalue weighted by Crippen LogP contribution is -2.36. The Hall–Kier alpha value is -0.380. The lowest BCUT2D eigenvalue weighted by atomic mass is 9.69. The maximum atomic E-state index is 12.2. The van der Waals surface area contributed by atoms with Gasteiger partial charge in [-0.3, -0.25) is 4.79 Å². The second kappa shape index (κ2) is 5.94. The van der Waals surface area contributed by atoms with Crippen molar-refractivity contribution < 1.29 is 13.2 Å². The Labute approximate surface area is 117 Å². The standard InChI is InChI=1S/C15H26O3S/c1-3-11-7-8-15(16)14(9-11)12-5-4-6-13(10-12)19(2,17)18/h11-14H,3-10H2,1-2H3. The number of Topliss-reactive ketones (excluding diaryl/α,β-unsaturated/α-hetero) is 1. The number of carbonyl (C=O) groups is 1. The third-order valence-electron chi connectivity index (χ3n) is 5.22. The molecule has 0 aromatic rings. The van der Waals surface area contributed by atoms with E-state index < -0.39 is 9.84 Å². The van der Waals surface area contributed by atoms with Crippen LogP contribution in [0.2, 0.25) is 0 Å². The maximum Gasteiger partial charge on any atom is 0.150 e. The van der Waals surface area contributed by atoms with Gasteiger partial charge >= 0.3 is 0 Å². The Morgan fingerprint density at radius 2 is 1.89 bits per heavy atom. The molecule has 0 amide bonds. The molecule has 110 valence electrons. The van der Waals surface area contributed by atoms with E-state index >= 15 is 0 Å². The first-order chi connectivity index (χ1) is 8.91. The third-order valence-corrected chi connectivity index (χ3v) is 6.86. The number of rotatable bonds is 3. The van der Waals surface area contributed by atoms with Crippen LogP contribution < -0.4 is 0 Å². The van der Waals surface area contributed by atoms with E-state index in [9.17, 15) is 13.2 Å². The van der Waals surface area contributed by atoms with Crippen molar-refractivity contribution >= 4 is 15.6 Å². The molecule has 19 heavy (non-hydrogen) atoms. The lowest BCUT2D eigenvalue weighted by molar-refractivity contribution is -0.128. The van der Waals surface area contributed by atoms with E-state index in [0.29, 0.717) is 30.5 Å². The molecule has 0 heterocycles. The molecule has 0 radical (unpaired) electrons. The van der Waals surface area contributed by atoms with E-state index in [2.05, 4.69) is 6.92 Å². The van der Waals surface area contributed by atoms with Gasteiger partial charge in [0.15, 0.2) is 0 Å². The van der Waals surface area contributed by atoms with Crippen molar-refractivity contribution in [3.8, 4) is 0 Å². The number of sulfone groups is 1. The van der Waals surface area contributed by atoms with Gasteiger partial charge in [0, 0.05) is 18.6 Å². The summed E-state index contributed by atoms with van der Waals surface area (Å²) < 4.78 is 23.5. The zero-order valence-electron chi connectivity index (χ0n) is 12.1. The van der Waals surface area contributed by atoms with Crippen LogP contribution in [0.4, 0.5) is 0 Å². The average Bonchev–Trinajstić information content (AvgIpc) is 2.38. The fourth-order valence-electron chi connectivity index (χ4n) is 3.90. The third kappa shape index (κ3) is 3.59. The molecule has 0 bridgehead atoms. The highest BCUT2D eigenvalue weighted by atomic mass is 32.2. The van der Waals surface area contributed by atoms with Gasteiger partial charge in [-0.1, -0.05) is 19.8 Å². The van der Waals surface area contributed by atoms with E-state index in [1.165, 1.54) is 6.26 Å². The molecule has 0 spiro atoms. The van der Waals surface area contributed by atoms with Crippen LogP contribution in [0.3, 0.4) is 0 Å². The molecule has 4 unspecified atom stereocenters. The van der Waals surface area contributed by atoms with Crippen molar-refractivity contribution in [2.75, 3.05) is 6.26 Å². The quantitative estimate of drug-likeness (QED) is 0.801. The molecular formula is C15H26O3S. The van der Waals surface area contributed by atoms with Crippen LogP contribution in [-0.4, -0.2) is 25.7 Å². The molecule has 0 aliphatic heterocycles. The van der Waals surface area contributed by atoms with Crippen molar-refractivity contribution in [1.82, 2.24) is 0 Å². The SMILES string of the molecule is CCC1CCC(=O)C(C2CCCC(S(C)(=O)=O)C2)C1. The van der Waals surface area contributed by atoms with Crippen LogP contribution in [0.5, 0.6) is 0 Å². The first-order valence-corrected chi connectivity index (χ1v) is 9.58. The van der Waals surface area contributed by atoms with Crippen LogP contribution in [0.15, 0.2) is 0 Å². The molecule has 4 heteroatoms. The highest BCUT2D eigenvalue weighted by Crippen LogP contribution is 2.40. The molecule has 2 aliphatic carbocycles. The molecule has 0 aromatic carbocycles. The van der Waals surface area contributed by atoms with E-state index in [0.717, 1.165) is 38.5 Å². The number of carbonyl (C=O) groups excluding carboxylic acids is 1. The Balaban J connectivity index is 2.05. The first kappa shape index (κ1) is 15.0. The van der Waals surface area contributed by atoms with Crippen molar-refractivity contribution in [2.24, 2.45) is 17.8 Å². The summed E-state index contributed by atoms with van der Waals surface area (Å²) in [6, 6.07) is 0. The number of ketones is 1. The van der Waals surface area contributed by atoms with Gasteiger partial charge in [-0.05, 0) is 43.9 Å². The topological polar surface area (TPSA) is 51.2 Å². The Bertz CT molecular complexity index is 427. The van der Waals surface area contributed by atoms with Crippen LogP contribution in [0.1, 0.15) is 58.3 Å². The summed E-state index contributed by atoms with van der Waals surface area (Å²) in [6.45, 7) is 2.19. The van der Waals surface area contributed by atoms with Gasteiger partial charge in [-0.25, -0.2) is 8.42 Å². The second-order valence-electron chi connectivity index (χ2n) is 6.50. The number of hydrogen-bond donors (Lipinski definition) is 0. The van der Waals surface area contributed by atoms with Gasteiger partial charge in [0.25, 0.3) is 0 Å². The van der Waals surface area contributed by atoms with Crippen molar-refractivity contribution in [2.45, 2.75) is 63.5 Å². The molecule has 3 nitrogen and oxygen atoms in total. The van der Waals surface area contributed by atoms with Crippen LogP contribution >= 0.6 is 0 Å². The summed E-state index contributed by atoms with van der Waals surface area (Å²) in [5.74, 6) is 1.52. The monoisotopic (exact) mass is 286 g/mol. The molecule has 0 N–H and O–H groups in total. The maximum absolute atomic E-state index is 12.2. The smallest absolute Gasteiger partial charge is 0.150 e. The molecule has 0 aromatic heterocycles. The predicted molar refractivity (Wildman–Crippen MR) is 76.7 cm³/mol. The fourth-order valence-corrected chi connectivity index (χ4v) is 5.09. The van der Waals surface area contributed by atoms with Crippen molar-refractivity contribution in [3.63, 3.8) is 0 Å². The van der Waals surface area contributed by atoms with Gasteiger partial charge in [0.2, 0.25) is 0 Å². The molecule has 4 atom stereocenters. The van der Waals surface area contributed by atoms with E-state index in [4.69, 9.17) is 0 Å². The summed E-state index contributed by atoms with van der Waals surface area (Å²) in [5.41, 5.74) is 0. The van der Waals surface area contributed by atoms with Gasteiger partial charge in [-0.15, -0.1) is 0 Å². The zero-order chi connectivity index (χ0) is 14.0. The number of hydrogen-bond acceptors (Lipinski definition) is 3. The van der Waals surface area contributed by atoms with Crippen molar-refractivity contribution in [3.05, 3.63) is 0 Å². The Kier molecular flexibility index (Phi) is 4.70. The van der Waals surface area contributed by atoms with Gasteiger partial charge in [0.05, 0.1) is 5.25 Å². The van der Waals surface area contributed by atoms with E-state index in [1.807, 2.05) is 0 Å². The molecule has 2 saturated carbocycles. The normalized spacial score (nSPS) is 37.3. The van der Waals surface area contributed by atoms with Crippen LogP contribution in [0.25, 0.3) is 0 Å². The molecule has 2 aliphatic rings. The Morgan fingerprint density at radius 3 is 2.53 bits per heavy atom. The first-order valence-electron chi connectivity index (χ1n) is 7.63. The molecule has 2 fully saturated rings. The van der Waals surface area contributed by atoms with Gasteiger partial charge in [0.1, 0.15) is 15.6 Å². The highest BCUT2D eigenvalue weighted by Gasteiger charge is 2.38. The van der Waals surface area contributed by atoms with E-state index in [-0.39, 0.29) is 11.2 Å². The highest BCUT2D eigenvalue weighted by molar-refractivity contribution is 7.91. The predicted octanol–water partition coefficient (Wildman–Crippen LogP) is 2.99. The lowest BCUT2D eigenvalue weighted by Gasteiger charge is -2.37. The minimum atomic E-state index is -2.95. The van der Waals surface area contributed by atoms with Crippen molar-refractivity contribution in [1.29, 1.82) is 0 Å². The summed E-state index contributed by atoms with van der Waals surface area (Å²) in [7, 11) is -2.95. The Morgan fingerprint density at radius 1 is 1.16 bits per heavy atom. The fraction of sp³-hybridized carbons (Fsp3) is 0.933. The summed E-state index contributed by atoms with van der Waals surface area (Å²) >= 11 is 0. The largest absolute Gasteiger partial charge is 0.299 e. The zero-order valence-corrected chi connectivity index (χ0v) is 12.9. The summed E-state index contributed by atoms with van der Waals surface area (Å²) in [5, 5.41) is -0.207. The van der Waals surface area contributed by atoms with Gasteiger partial charge in [-0.2, -0.15) is 0 Å². The van der Waals surface area contributed by atoms with Gasteiger partial charge < -0.3 is 0 Å². The second-order valence-corrected chi connectivity index (χ2v) is 8.83. The average molecular weight is 286 g/mol. The molecular weight excluding hydrogens is 260 g/mol. The van der Waals surface area contributed by atoms with Crippen LogP contribution in [0, 0.1) is 17.8 Å². The minimum Gasteiger partial charge on any atom is -0.299 e. The molecule has 2 rings (SSSR count). The summed E-state index contributed by atoms with van der Waals surface area (Å²) in [6.07, 6.45) is 8.73. The molecule has 0 saturated heterocycles. The van der Waals surface area contributed by atoms with E-state index in [1.54, 1.807) is 0 Å². The summed E-state index contributed by atoms with van der Waals surface area (Å²) in [4.78, 5) is 12.2. The van der Waals surface area contributed by atoms with Crippen LogP contribution in [-0.2, 0) is 14.6 Å².